The molecule has 3 atom stereocenters. The van der Waals surface area contributed by atoms with Gasteiger partial charge in [0.15, 0.2) is 11.5 Å². The second kappa shape index (κ2) is 5.61. The molecule has 3 heteroatoms. The summed E-state index contributed by atoms with van der Waals surface area (Å²) in [6, 6.07) is 5.64. The topological polar surface area (TPSA) is 52.5 Å². The van der Waals surface area contributed by atoms with Gasteiger partial charge in [0.1, 0.15) is 0 Å². The van der Waals surface area contributed by atoms with Crippen molar-refractivity contribution in [3.8, 4) is 11.5 Å². The van der Waals surface area contributed by atoms with Crippen molar-refractivity contribution >= 4 is 0 Å². The summed E-state index contributed by atoms with van der Waals surface area (Å²) in [5.74, 6) is 1.47. The third-order valence-corrected chi connectivity index (χ3v) is 4.40. The van der Waals surface area contributed by atoms with E-state index < -0.39 is 0 Å². The molecule has 2 rings (SSSR count). The molecule has 1 saturated carbocycles. The van der Waals surface area contributed by atoms with E-state index in [1.807, 2.05) is 6.07 Å². The third-order valence-electron chi connectivity index (χ3n) is 4.40. The molecule has 3 N–H and O–H groups in total. The second-order valence-corrected chi connectivity index (χ2v) is 5.38. The first kappa shape index (κ1) is 13.2. The molecule has 1 aliphatic carbocycles. The van der Waals surface area contributed by atoms with Crippen molar-refractivity contribution in [2.75, 3.05) is 0 Å². The van der Waals surface area contributed by atoms with Gasteiger partial charge in [0.2, 0.25) is 0 Å². The summed E-state index contributed by atoms with van der Waals surface area (Å²) in [5, 5.41) is 22.7. The Labute approximate surface area is 109 Å². The lowest BCUT2D eigenvalue weighted by atomic mass is 9.93. The van der Waals surface area contributed by atoms with Gasteiger partial charge >= 0.3 is 0 Å². The number of phenols is 2. The van der Waals surface area contributed by atoms with Crippen LogP contribution >= 0.6 is 0 Å². The molecule has 1 aromatic rings. The molecule has 100 valence electrons. The fraction of sp³-hybridized carbons (Fsp3) is 0.600. The van der Waals surface area contributed by atoms with Gasteiger partial charge in [-0.15, -0.1) is 0 Å². The van der Waals surface area contributed by atoms with Crippen LogP contribution in [0.15, 0.2) is 18.2 Å². The third kappa shape index (κ3) is 2.61. The van der Waals surface area contributed by atoms with Crippen molar-refractivity contribution in [2.45, 2.75) is 45.7 Å². The molecule has 18 heavy (non-hydrogen) atoms. The maximum atomic E-state index is 9.75. The molecular weight excluding hydrogens is 226 g/mol. The largest absolute Gasteiger partial charge is 0.504 e. The minimum atomic E-state index is -0.0415. The SMILES string of the molecule is CCC1CCC(NCc2cccc(O)c2O)C1C. The average Bonchev–Trinajstić information content (AvgIpc) is 2.72. The quantitative estimate of drug-likeness (QED) is 0.719. The normalized spacial score (nSPS) is 27.6. The van der Waals surface area contributed by atoms with Gasteiger partial charge in [0, 0.05) is 18.2 Å². The summed E-state index contributed by atoms with van der Waals surface area (Å²) < 4.78 is 0. The van der Waals surface area contributed by atoms with Crippen LogP contribution in [0.5, 0.6) is 11.5 Å². The molecule has 0 heterocycles. The molecule has 0 radical (unpaired) electrons. The van der Waals surface area contributed by atoms with Gasteiger partial charge < -0.3 is 15.5 Å². The highest BCUT2D eigenvalue weighted by Gasteiger charge is 2.31. The van der Waals surface area contributed by atoms with Crippen molar-refractivity contribution in [1.29, 1.82) is 0 Å². The van der Waals surface area contributed by atoms with E-state index in [9.17, 15) is 10.2 Å². The van der Waals surface area contributed by atoms with E-state index in [0.717, 1.165) is 11.5 Å². The molecule has 0 aromatic heterocycles. The van der Waals surface area contributed by atoms with Gasteiger partial charge in [-0.3, -0.25) is 0 Å². The first-order valence-corrected chi connectivity index (χ1v) is 6.86. The van der Waals surface area contributed by atoms with Crippen LogP contribution in [0.1, 0.15) is 38.7 Å². The van der Waals surface area contributed by atoms with Crippen LogP contribution in [0.3, 0.4) is 0 Å². The van der Waals surface area contributed by atoms with Crippen molar-refractivity contribution in [3.05, 3.63) is 23.8 Å². The van der Waals surface area contributed by atoms with Crippen molar-refractivity contribution < 1.29 is 10.2 Å². The maximum Gasteiger partial charge on any atom is 0.161 e. The molecule has 3 unspecified atom stereocenters. The number of phenolic OH excluding ortho intramolecular Hbond substituents is 2. The molecule has 1 aliphatic rings. The predicted molar refractivity (Wildman–Crippen MR) is 72.6 cm³/mol. The molecular formula is C15H23NO2. The lowest BCUT2D eigenvalue weighted by Gasteiger charge is -2.21. The van der Waals surface area contributed by atoms with Crippen molar-refractivity contribution in [1.82, 2.24) is 5.32 Å². The van der Waals surface area contributed by atoms with E-state index in [4.69, 9.17) is 0 Å². The molecule has 3 nitrogen and oxygen atoms in total. The molecule has 0 bridgehead atoms. The zero-order chi connectivity index (χ0) is 13.1. The number of hydrogen-bond donors (Lipinski definition) is 3. The van der Waals surface area contributed by atoms with Crippen LogP contribution in [-0.4, -0.2) is 16.3 Å². The van der Waals surface area contributed by atoms with Gasteiger partial charge in [-0.05, 0) is 30.7 Å². The van der Waals surface area contributed by atoms with E-state index in [-0.39, 0.29) is 11.5 Å². The van der Waals surface area contributed by atoms with Gasteiger partial charge in [0.25, 0.3) is 0 Å². The fourth-order valence-corrected chi connectivity index (χ4v) is 3.07. The predicted octanol–water partition coefficient (Wildman–Crippen LogP) is 3.01. The van der Waals surface area contributed by atoms with E-state index in [1.54, 1.807) is 6.07 Å². The first-order chi connectivity index (χ1) is 8.63. The number of aromatic hydroxyl groups is 2. The summed E-state index contributed by atoms with van der Waals surface area (Å²) in [7, 11) is 0. The Kier molecular flexibility index (Phi) is 4.12. The average molecular weight is 249 g/mol. The molecule has 0 amide bonds. The molecule has 0 saturated heterocycles. The fourth-order valence-electron chi connectivity index (χ4n) is 3.07. The van der Waals surface area contributed by atoms with Crippen LogP contribution in [0.4, 0.5) is 0 Å². The summed E-state index contributed by atoms with van der Waals surface area (Å²) in [6.07, 6.45) is 3.75. The molecule has 1 aromatic carbocycles. The maximum absolute atomic E-state index is 9.75. The summed E-state index contributed by atoms with van der Waals surface area (Å²) >= 11 is 0. The summed E-state index contributed by atoms with van der Waals surface area (Å²) in [6.45, 7) is 5.18. The summed E-state index contributed by atoms with van der Waals surface area (Å²) in [4.78, 5) is 0. The zero-order valence-corrected chi connectivity index (χ0v) is 11.2. The smallest absolute Gasteiger partial charge is 0.161 e. The summed E-state index contributed by atoms with van der Waals surface area (Å²) in [5.41, 5.74) is 0.766. The van der Waals surface area contributed by atoms with Crippen LogP contribution in [0.25, 0.3) is 0 Å². The van der Waals surface area contributed by atoms with E-state index in [2.05, 4.69) is 19.2 Å². The highest BCUT2D eigenvalue weighted by molar-refractivity contribution is 5.44. The minimum Gasteiger partial charge on any atom is -0.504 e. The number of benzene rings is 1. The Hall–Kier alpha value is -1.22. The van der Waals surface area contributed by atoms with E-state index >= 15 is 0 Å². The van der Waals surface area contributed by atoms with Crippen LogP contribution < -0.4 is 5.32 Å². The highest BCUT2D eigenvalue weighted by Crippen LogP contribution is 2.34. The van der Waals surface area contributed by atoms with Crippen LogP contribution in [0, 0.1) is 11.8 Å². The van der Waals surface area contributed by atoms with Crippen LogP contribution in [0.2, 0.25) is 0 Å². The Morgan fingerprint density at radius 1 is 1.28 bits per heavy atom. The van der Waals surface area contributed by atoms with Gasteiger partial charge in [-0.1, -0.05) is 32.4 Å². The Bertz CT molecular complexity index is 405. The van der Waals surface area contributed by atoms with Gasteiger partial charge in [-0.25, -0.2) is 0 Å². The Balaban J connectivity index is 1.94. The van der Waals surface area contributed by atoms with Crippen molar-refractivity contribution in [3.63, 3.8) is 0 Å². The highest BCUT2D eigenvalue weighted by atomic mass is 16.3. The zero-order valence-electron chi connectivity index (χ0n) is 11.2. The minimum absolute atomic E-state index is 0.00249. The Morgan fingerprint density at radius 3 is 2.72 bits per heavy atom. The second-order valence-electron chi connectivity index (χ2n) is 5.38. The molecule has 0 spiro atoms. The van der Waals surface area contributed by atoms with Gasteiger partial charge in [-0.2, -0.15) is 0 Å². The lowest BCUT2D eigenvalue weighted by Crippen LogP contribution is -2.32. The monoisotopic (exact) mass is 249 g/mol. The first-order valence-electron chi connectivity index (χ1n) is 6.86. The molecule has 1 fully saturated rings. The standard InChI is InChI=1S/C15H23NO2/c1-3-11-7-8-13(10(11)2)16-9-12-5-4-6-14(17)15(12)18/h4-6,10-11,13,16-18H,3,7-9H2,1-2H3. The lowest BCUT2D eigenvalue weighted by molar-refractivity contribution is 0.341. The number of rotatable bonds is 4. The van der Waals surface area contributed by atoms with Gasteiger partial charge in [0.05, 0.1) is 0 Å². The van der Waals surface area contributed by atoms with E-state index in [0.29, 0.717) is 18.5 Å². The molecule has 0 aliphatic heterocycles. The van der Waals surface area contributed by atoms with Crippen LogP contribution in [-0.2, 0) is 6.54 Å². The Morgan fingerprint density at radius 2 is 2.06 bits per heavy atom. The van der Waals surface area contributed by atoms with E-state index in [1.165, 1.54) is 25.3 Å². The number of hydrogen-bond acceptors (Lipinski definition) is 3. The number of nitrogens with one attached hydrogen (secondary N) is 1. The van der Waals surface area contributed by atoms with Crippen molar-refractivity contribution in [2.24, 2.45) is 11.8 Å². The number of para-hydroxylation sites is 1.